The summed E-state index contributed by atoms with van der Waals surface area (Å²) in [6, 6.07) is -0.723. The highest BCUT2D eigenvalue weighted by molar-refractivity contribution is 5.81. The molecule has 0 spiro atoms. The Kier molecular flexibility index (Phi) is 18.0. The zero-order valence-electron chi connectivity index (χ0n) is 17.4. The fraction of sp³-hybridized carbons (Fsp3) is 0.909. The zero-order chi connectivity index (χ0) is 19.5. The topological polar surface area (TPSA) is 66.4 Å². The number of hydrogen-bond donors (Lipinski definition) is 2. The van der Waals surface area contributed by atoms with E-state index in [-0.39, 0.29) is 5.91 Å². The quantitative estimate of drug-likeness (QED) is 0.265. The van der Waals surface area contributed by atoms with Crippen molar-refractivity contribution in [1.82, 2.24) is 5.32 Å². The fourth-order valence-electron chi connectivity index (χ4n) is 3.40. The summed E-state index contributed by atoms with van der Waals surface area (Å²) in [5.74, 6) is -1.20. The van der Waals surface area contributed by atoms with Gasteiger partial charge >= 0.3 is 5.97 Å². The van der Waals surface area contributed by atoms with E-state index in [0.29, 0.717) is 6.42 Å². The molecule has 0 aromatic rings. The van der Waals surface area contributed by atoms with Gasteiger partial charge in [-0.1, -0.05) is 110 Å². The molecule has 0 aliphatic heterocycles. The van der Waals surface area contributed by atoms with Crippen LogP contribution in [0.5, 0.6) is 0 Å². The molecule has 0 aliphatic carbocycles. The van der Waals surface area contributed by atoms with E-state index in [2.05, 4.69) is 12.2 Å². The van der Waals surface area contributed by atoms with Gasteiger partial charge in [-0.3, -0.25) is 4.79 Å². The summed E-state index contributed by atoms with van der Waals surface area (Å²) in [5.41, 5.74) is 0. The molecule has 0 aromatic carbocycles. The molecule has 0 saturated carbocycles. The van der Waals surface area contributed by atoms with E-state index in [9.17, 15) is 9.59 Å². The van der Waals surface area contributed by atoms with Crippen molar-refractivity contribution in [2.24, 2.45) is 0 Å². The molecule has 0 radical (unpaired) electrons. The highest BCUT2D eigenvalue weighted by Crippen LogP contribution is 2.14. The molecule has 0 unspecified atom stereocenters. The molecule has 2 N–H and O–H groups in total. The molecule has 4 nitrogen and oxygen atoms in total. The average Bonchev–Trinajstić information content (AvgIpc) is 2.59. The highest BCUT2D eigenvalue weighted by Gasteiger charge is 2.17. The number of carboxylic acid groups (broad SMARTS) is 1. The highest BCUT2D eigenvalue weighted by atomic mass is 16.4. The Hall–Kier alpha value is -1.06. The van der Waals surface area contributed by atoms with Gasteiger partial charge in [0.1, 0.15) is 6.04 Å². The third-order valence-corrected chi connectivity index (χ3v) is 5.02. The predicted octanol–water partition coefficient (Wildman–Crippen LogP) is 6.23. The molecule has 0 fully saturated rings. The molecule has 154 valence electrons. The molecule has 0 bridgehead atoms. The Bertz CT molecular complexity index is 344. The lowest BCUT2D eigenvalue weighted by Gasteiger charge is -2.12. The summed E-state index contributed by atoms with van der Waals surface area (Å²) in [7, 11) is 0. The summed E-state index contributed by atoms with van der Waals surface area (Å²) in [4.78, 5) is 22.0. The van der Waals surface area contributed by atoms with Crippen molar-refractivity contribution < 1.29 is 14.7 Å². The molecular weight excluding hydrogens is 326 g/mol. The van der Waals surface area contributed by atoms with E-state index in [1.165, 1.54) is 96.8 Å². The molecule has 0 aliphatic rings. The van der Waals surface area contributed by atoms with Gasteiger partial charge in [-0.2, -0.15) is 0 Å². The Morgan fingerprint density at radius 1 is 0.692 bits per heavy atom. The molecular formula is C22H43NO3. The first kappa shape index (κ1) is 24.9. The van der Waals surface area contributed by atoms with Crippen LogP contribution in [-0.2, 0) is 9.59 Å². The van der Waals surface area contributed by atoms with E-state index < -0.39 is 12.0 Å². The van der Waals surface area contributed by atoms with Crippen LogP contribution in [0, 0.1) is 0 Å². The molecule has 0 aromatic heterocycles. The van der Waals surface area contributed by atoms with Gasteiger partial charge in [-0.05, 0) is 6.42 Å². The van der Waals surface area contributed by atoms with Gasteiger partial charge in [-0.15, -0.1) is 0 Å². The molecule has 0 saturated heterocycles. The van der Waals surface area contributed by atoms with Crippen molar-refractivity contribution in [2.45, 2.75) is 129 Å². The number of rotatable bonds is 19. The van der Waals surface area contributed by atoms with Crippen molar-refractivity contribution in [3.8, 4) is 0 Å². The lowest BCUT2D eigenvalue weighted by Crippen LogP contribution is -2.39. The molecule has 0 rings (SSSR count). The second-order valence-corrected chi connectivity index (χ2v) is 7.68. The normalized spacial score (nSPS) is 12.1. The van der Waals surface area contributed by atoms with Crippen LogP contribution < -0.4 is 5.32 Å². The van der Waals surface area contributed by atoms with Crippen LogP contribution in [0.2, 0.25) is 0 Å². The summed E-state index contributed by atoms with van der Waals surface area (Å²) in [6.45, 7) is 3.63. The van der Waals surface area contributed by atoms with Crippen molar-refractivity contribution in [2.75, 3.05) is 0 Å². The number of hydrogen-bond acceptors (Lipinski definition) is 2. The number of aliphatic carboxylic acids is 1. The SMILES string of the molecule is CCCCCCCCCCCCCCCCCC[C@@H](NC(C)=O)C(=O)O. The van der Waals surface area contributed by atoms with Gasteiger partial charge in [0, 0.05) is 6.92 Å². The third kappa shape index (κ3) is 17.8. The minimum Gasteiger partial charge on any atom is -0.480 e. The van der Waals surface area contributed by atoms with Crippen molar-refractivity contribution >= 4 is 11.9 Å². The van der Waals surface area contributed by atoms with E-state index in [4.69, 9.17) is 5.11 Å². The standard InChI is InChI=1S/C22H43NO3/c1-3-4-5-6-7-8-9-10-11-12-13-14-15-16-17-18-19-21(22(25)26)23-20(2)24/h21H,3-19H2,1-2H3,(H,23,24)(H,25,26)/t21-/m1/s1. The van der Waals surface area contributed by atoms with Crippen molar-refractivity contribution in [3.63, 3.8) is 0 Å². The smallest absolute Gasteiger partial charge is 0.326 e. The second-order valence-electron chi connectivity index (χ2n) is 7.68. The zero-order valence-corrected chi connectivity index (χ0v) is 17.4. The molecule has 0 heterocycles. The lowest BCUT2D eigenvalue weighted by molar-refractivity contribution is -0.141. The van der Waals surface area contributed by atoms with E-state index >= 15 is 0 Å². The Labute approximate surface area is 161 Å². The van der Waals surface area contributed by atoms with E-state index in [1.54, 1.807) is 0 Å². The largest absolute Gasteiger partial charge is 0.480 e. The van der Waals surface area contributed by atoms with Crippen LogP contribution in [0.4, 0.5) is 0 Å². The predicted molar refractivity (Wildman–Crippen MR) is 109 cm³/mol. The minimum absolute atomic E-state index is 0.270. The van der Waals surface area contributed by atoms with Crippen LogP contribution in [0.25, 0.3) is 0 Å². The summed E-state index contributed by atoms with van der Waals surface area (Å²) in [6.07, 6.45) is 21.5. The lowest BCUT2D eigenvalue weighted by atomic mass is 10.0. The molecule has 1 atom stereocenters. The van der Waals surface area contributed by atoms with Crippen molar-refractivity contribution in [3.05, 3.63) is 0 Å². The van der Waals surface area contributed by atoms with Gasteiger partial charge in [0.2, 0.25) is 5.91 Å². The first-order valence-electron chi connectivity index (χ1n) is 11.1. The molecule has 26 heavy (non-hydrogen) atoms. The number of unbranched alkanes of at least 4 members (excludes halogenated alkanes) is 15. The van der Waals surface area contributed by atoms with Gasteiger partial charge in [0.25, 0.3) is 0 Å². The van der Waals surface area contributed by atoms with Crippen LogP contribution in [-0.4, -0.2) is 23.0 Å². The molecule has 4 heteroatoms. The number of amides is 1. The first-order chi connectivity index (χ1) is 12.6. The van der Waals surface area contributed by atoms with Crippen LogP contribution in [0.3, 0.4) is 0 Å². The second kappa shape index (κ2) is 18.7. The fourth-order valence-corrected chi connectivity index (χ4v) is 3.40. The maximum atomic E-state index is 11.0. The van der Waals surface area contributed by atoms with Gasteiger partial charge < -0.3 is 10.4 Å². The van der Waals surface area contributed by atoms with Gasteiger partial charge in [0.05, 0.1) is 0 Å². The van der Waals surface area contributed by atoms with Crippen LogP contribution >= 0.6 is 0 Å². The first-order valence-corrected chi connectivity index (χ1v) is 11.1. The monoisotopic (exact) mass is 369 g/mol. The maximum Gasteiger partial charge on any atom is 0.326 e. The number of carbonyl (C=O) groups is 2. The maximum absolute atomic E-state index is 11.0. The Balaban J connectivity index is 3.26. The summed E-state index contributed by atoms with van der Waals surface area (Å²) in [5, 5.41) is 11.5. The average molecular weight is 370 g/mol. The summed E-state index contributed by atoms with van der Waals surface area (Å²) >= 11 is 0. The number of nitrogens with one attached hydrogen (secondary N) is 1. The molecule has 1 amide bonds. The van der Waals surface area contributed by atoms with Gasteiger partial charge in [-0.25, -0.2) is 4.79 Å². The Morgan fingerprint density at radius 3 is 1.35 bits per heavy atom. The minimum atomic E-state index is -0.929. The van der Waals surface area contributed by atoms with Crippen LogP contribution in [0.1, 0.15) is 123 Å². The van der Waals surface area contributed by atoms with Gasteiger partial charge in [0.15, 0.2) is 0 Å². The number of carboxylic acids is 1. The third-order valence-electron chi connectivity index (χ3n) is 5.02. The van der Waals surface area contributed by atoms with Crippen molar-refractivity contribution in [1.29, 1.82) is 0 Å². The summed E-state index contributed by atoms with van der Waals surface area (Å²) < 4.78 is 0. The number of carbonyl (C=O) groups excluding carboxylic acids is 1. The van der Waals surface area contributed by atoms with E-state index in [0.717, 1.165) is 12.8 Å². The van der Waals surface area contributed by atoms with Crippen LogP contribution in [0.15, 0.2) is 0 Å². The Morgan fingerprint density at radius 2 is 1.04 bits per heavy atom. The van der Waals surface area contributed by atoms with E-state index in [1.807, 2.05) is 0 Å².